The summed E-state index contributed by atoms with van der Waals surface area (Å²) >= 11 is 0. The Labute approximate surface area is 69.2 Å². The molecular weight excluding hydrogens is 136 g/mol. The first-order valence-corrected chi connectivity index (χ1v) is 4.46. The maximum absolute atomic E-state index is 6.70. The molecule has 0 bridgehead atoms. The van der Waals surface area contributed by atoms with Crippen LogP contribution in [0.25, 0.3) is 0 Å². The molecule has 64 valence electrons. The van der Waals surface area contributed by atoms with E-state index < -0.39 is 0 Å². The van der Waals surface area contributed by atoms with Crippen LogP contribution < -0.4 is 0 Å². The van der Waals surface area contributed by atoms with Gasteiger partial charge in [0, 0.05) is 0 Å². The van der Waals surface area contributed by atoms with Gasteiger partial charge in [0.25, 0.3) is 0 Å². The van der Waals surface area contributed by atoms with Gasteiger partial charge in [-0.25, -0.2) is 10.4 Å². The minimum atomic E-state index is 0.346. The summed E-state index contributed by atoms with van der Waals surface area (Å²) in [6.45, 7) is 4.30. The first-order chi connectivity index (χ1) is 5.35. The number of aliphatic imine (C=N–C) groups is 1. The number of rotatable bonds is 6. The van der Waals surface area contributed by atoms with Gasteiger partial charge >= 0.3 is 0 Å². The van der Waals surface area contributed by atoms with E-state index >= 15 is 0 Å². The predicted molar refractivity (Wildman–Crippen MR) is 48.4 cm³/mol. The summed E-state index contributed by atoms with van der Waals surface area (Å²) in [6, 6.07) is 2.47. The molecule has 0 saturated carbocycles. The van der Waals surface area contributed by atoms with Gasteiger partial charge in [0.2, 0.25) is 0 Å². The lowest BCUT2D eigenvalue weighted by molar-refractivity contribution is 0.551. The van der Waals surface area contributed by atoms with Crippen LogP contribution in [0.15, 0.2) is 4.99 Å². The third kappa shape index (κ3) is 5.81. The number of nitrogens with one attached hydrogen (secondary N) is 1. The van der Waals surface area contributed by atoms with Gasteiger partial charge in [-0.3, -0.25) is 0 Å². The Balaban J connectivity index is 3.43. The Morgan fingerprint density at radius 1 is 1.36 bits per heavy atom. The van der Waals surface area contributed by atoms with Crippen molar-refractivity contribution in [1.82, 2.24) is 0 Å². The highest BCUT2D eigenvalue weighted by Gasteiger charge is 2.01. The molecule has 2 nitrogen and oxygen atoms in total. The van der Waals surface area contributed by atoms with Crippen LogP contribution in [0.1, 0.15) is 46.0 Å². The fourth-order valence-electron chi connectivity index (χ4n) is 1.08. The normalized spacial score (nSPS) is 12.2. The molecule has 0 aliphatic rings. The monoisotopic (exact) mass is 154 g/mol. The topological polar surface area (TPSA) is 36.2 Å². The summed E-state index contributed by atoms with van der Waals surface area (Å²) in [5.74, 6) is 0. The van der Waals surface area contributed by atoms with Crippen LogP contribution in [0.5, 0.6) is 0 Å². The highest BCUT2D eigenvalue weighted by molar-refractivity contribution is 5.36. The molecule has 0 aromatic rings. The summed E-state index contributed by atoms with van der Waals surface area (Å²) in [5.41, 5.74) is 0. The molecule has 0 aromatic carbocycles. The van der Waals surface area contributed by atoms with Crippen molar-refractivity contribution in [3.63, 3.8) is 0 Å². The highest BCUT2D eigenvalue weighted by Crippen LogP contribution is 2.08. The fraction of sp³-hybridized carbons (Fsp3) is 0.889. The van der Waals surface area contributed by atoms with Crippen LogP contribution in [0, 0.1) is 5.41 Å². The van der Waals surface area contributed by atoms with E-state index in [0.29, 0.717) is 6.04 Å². The van der Waals surface area contributed by atoms with E-state index in [1.807, 2.05) is 0 Å². The lowest BCUT2D eigenvalue weighted by atomic mass is 10.1. The average Bonchev–Trinajstić information content (AvgIpc) is 2.03. The lowest BCUT2D eigenvalue weighted by Gasteiger charge is -2.05. The molecule has 11 heavy (non-hydrogen) atoms. The molecule has 1 N–H and O–H groups in total. The Morgan fingerprint density at radius 3 is 2.55 bits per heavy atom. The maximum Gasteiger partial charge on any atom is 0.0864 e. The molecule has 2 heteroatoms. The van der Waals surface area contributed by atoms with Gasteiger partial charge in [-0.05, 0) is 12.8 Å². The minimum Gasteiger partial charge on any atom is -0.242 e. The van der Waals surface area contributed by atoms with Crippen molar-refractivity contribution in [2.75, 3.05) is 0 Å². The quantitative estimate of drug-likeness (QED) is 0.451. The molecule has 0 saturated heterocycles. The van der Waals surface area contributed by atoms with Crippen molar-refractivity contribution >= 4 is 6.01 Å². The molecular formula is C9H18N2. The van der Waals surface area contributed by atoms with Crippen molar-refractivity contribution in [3.8, 4) is 0 Å². The molecule has 0 heterocycles. The SMILES string of the molecule is CCCCCC(CC)N=C=N. The average molecular weight is 154 g/mol. The second-order valence-corrected chi connectivity index (χ2v) is 2.80. The van der Waals surface area contributed by atoms with E-state index in [9.17, 15) is 0 Å². The van der Waals surface area contributed by atoms with Gasteiger partial charge in [-0.1, -0.05) is 33.1 Å². The summed E-state index contributed by atoms with van der Waals surface area (Å²) in [7, 11) is 0. The number of hydrogen-bond acceptors (Lipinski definition) is 2. The van der Waals surface area contributed by atoms with Gasteiger partial charge in [-0.2, -0.15) is 0 Å². The zero-order valence-corrected chi connectivity index (χ0v) is 7.56. The molecule has 0 aliphatic carbocycles. The number of nitrogens with zero attached hydrogens (tertiary/aromatic N) is 1. The van der Waals surface area contributed by atoms with Crippen molar-refractivity contribution in [1.29, 1.82) is 5.41 Å². The van der Waals surface area contributed by atoms with Crippen LogP contribution in [0.2, 0.25) is 0 Å². The summed E-state index contributed by atoms with van der Waals surface area (Å²) in [4.78, 5) is 3.93. The third-order valence-corrected chi connectivity index (χ3v) is 1.86. The molecule has 0 amide bonds. The number of hydrogen-bond donors (Lipinski definition) is 1. The van der Waals surface area contributed by atoms with Crippen LogP contribution in [0.4, 0.5) is 0 Å². The van der Waals surface area contributed by atoms with Gasteiger partial charge in [-0.15, -0.1) is 0 Å². The minimum absolute atomic E-state index is 0.346. The third-order valence-electron chi connectivity index (χ3n) is 1.86. The van der Waals surface area contributed by atoms with Crippen LogP contribution in [-0.2, 0) is 0 Å². The van der Waals surface area contributed by atoms with Crippen LogP contribution in [-0.4, -0.2) is 12.1 Å². The Hall–Kier alpha value is -0.620. The first-order valence-electron chi connectivity index (χ1n) is 4.46. The van der Waals surface area contributed by atoms with E-state index in [0.717, 1.165) is 12.8 Å². The van der Waals surface area contributed by atoms with Gasteiger partial charge in [0.15, 0.2) is 0 Å². The zero-order valence-electron chi connectivity index (χ0n) is 7.56. The second kappa shape index (κ2) is 7.49. The van der Waals surface area contributed by atoms with E-state index in [4.69, 9.17) is 5.41 Å². The Kier molecular flexibility index (Phi) is 7.06. The Bertz CT molecular complexity index is 126. The summed E-state index contributed by atoms with van der Waals surface area (Å²) in [6.07, 6.45) is 5.93. The van der Waals surface area contributed by atoms with Crippen LogP contribution >= 0.6 is 0 Å². The molecule has 0 spiro atoms. The molecule has 1 atom stereocenters. The van der Waals surface area contributed by atoms with E-state index in [1.54, 1.807) is 0 Å². The van der Waals surface area contributed by atoms with Crippen molar-refractivity contribution in [2.24, 2.45) is 4.99 Å². The zero-order chi connectivity index (χ0) is 8.53. The molecule has 0 aliphatic heterocycles. The molecule has 1 unspecified atom stereocenters. The largest absolute Gasteiger partial charge is 0.242 e. The van der Waals surface area contributed by atoms with Gasteiger partial charge < -0.3 is 0 Å². The summed E-state index contributed by atoms with van der Waals surface area (Å²) < 4.78 is 0. The first kappa shape index (κ1) is 10.4. The molecule has 0 radical (unpaired) electrons. The lowest BCUT2D eigenvalue weighted by Crippen LogP contribution is -2.01. The van der Waals surface area contributed by atoms with E-state index in [-0.39, 0.29) is 0 Å². The van der Waals surface area contributed by atoms with Crippen molar-refractivity contribution < 1.29 is 0 Å². The molecule has 0 aromatic heterocycles. The Morgan fingerprint density at radius 2 is 2.09 bits per heavy atom. The van der Waals surface area contributed by atoms with Gasteiger partial charge in [0.1, 0.15) is 0 Å². The predicted octanol–water partition coefficient (Wildman–Crippen LogP) is 3.10. The van der Waals surface area contributed by atoms with Crippen LogP contribution in [0.3, 0.4) is 0 Å². The summed E-state index contributed by atoms with van der Waals surface area (Å²) in [5, 5.41) is 6.70. The van der Waals surface area contributed by atoms with Crippen molar-refractivity contribution in [2.45, 2.75) is 52.0 Å². The van der Waals surface area contributed by atoms with E-state index in [2.05, 4.69) is 24.8 Å². The maximum atomic E-state index is 6.70. The second-order valence-electron chi connectivity index (χ2n) is 2.80. The molecule has 0 fully saturated rings. The van der Waals surface area contributed by atoms with E-state index in [1.165, 1.54) is 19.3 Å². The smallest absolute Gasteiger partial charge is 0.0864 e. The van der Waals surface area contributed by atoms with Crippen molar-refractivity contribution in [3.05, 3.63) is 0 Å². The molecule has 0 rings (SSSR count). The van der Waals surface area contributed by atoms with Gasteiger partial charge in [0.05, 0.1) is 12.1 Å². The number of unbranched alkanes of at least 4 members (excludes halogenated alkanes) is 2. The fourth-order valence-corrected chi connectivity index (χ4v) is 1.08. The standard InChI is InChI=1S/C9H18N2/c1-3-5-6-7-9(4-2)11-8-10/h9-10H,3-7H2,1-2H3. The highest BCUT2D eigenvalue weighted by atomic mass is 14.8.